The third-order valence-corrected chi connectivity index (χ3v) is 15.0. The smallest absolute Gasteiger partial charge is 0.0503 e. The van der Waals surface area contributed by atoms with E-state index >= 15 is 0 Å². The minimum absolute atomic E-state index is 0.0355. The summed E-state index contributed by atoms with van der Waals surface area (Å²) in [5.74, 6) is 0.0711. The van der Waals surface area contributed by atoms with Crippen molar-refractivity contribution < 1.29 is 0 Å². The molecule has 2 unspecified atom stereocenters. The molecule has 0 spiro atoms. The van der Waals surface area contributed by atoms with Crippen molar-refractivity contribution in [1.82, 2.24) is 0 Å². The molecule has 70 heavy (non-hydrogen) atoms. The number of hydrogen-bond acceptors (Lipinski definition) is 2. The maximum atomic E-state index is 4.05. The number of hydrogen-bond donors (Lipinski definition) is 0. The summed E-state index contributed by atoms with van der Waals surface area (Å²) in [5, 5.41) is 2.67. The largest absolute Gasteiger partial charge is 0.310 e. The van der Waals surface area contributed by atoms with Crippen LogP contribution in [0.2, 0.25) is 0 Å². The Kier molecular flexibility index (Phi) is 9.78. The molecule has 0 bridgehead atoms. The molecule has 13 rings (SSSR count). The summed E-state index contributed by atoms with van der Waals surface area (Å²) in [5.41, 5.74) is 27.3. The number of fused-ring (bicyclic) bond motifs is 4. The molecule has 6 aliphatic carbocycles. The molecular weight excluding hydrogens is 845 g/mol. The van der Waals surface area contributed by atoms with Gasteiger partial charge in [-0.3, -0.25) is 0 Å². The first-order chi connectivity index (χ1) is 34.5. The van der Waals surface area contributed by atoms with Crippen LogP contribution in [-0.2, 0) is 0 Å². The van der Waals surface area contributed by atoms with Gasteiger partial charge in [-0.2, -0.15) is 0 Å². The lowest BCUT2D eigenvalue weighted by Crippen LogP contribution is -2.24. The summed E-state index contributed by atoms with van der Waals surface area (Å²) in [4.78, 5) is 4.87. The van der Waals surface area contributed by atoms with Crippen molar-refractivity contribution in [1.29, 1.82) is 0 Å². The first-order valence-electron chi connectivity index (χ1n) is 24.4. The van der Waals surface area contributed by atoms with Crippen molar-refractivity contribution >= 4 is 57.2 Å². The van der Waals surface area contributed by atoms with Gasteiger partial charge in [-0.25, -0.2) is 0 Å². The zero-order valence-electron chi connectivity index (χ0n) is 39.4. The third kappa shape index (κ3) is 6.41. The molecule has 0 saturated heterocycles. The monoisotopic (exact) mass is 894 g/mol. The van der Waals surface area contributed by atoms with Crippen LogP contribution in [0.4, 0.5) is 22.7 Å². The van der Waals surface area contributed by atoms with E-state index in [0.29, 0.717) is 0 Å². The van der Waals surface area contributed by atoms with Crippen molar-refractivity contribution in [2.45, 2.75) is 13.8 Å². The summed E-state index contributed by atoms with van der Waals surface area (Å²) in [7, 11) is 0. The summed E-state index contributed by atoms with van der Waals surface area (Å²) in [6.45, 7) is 12.4. The highest BCUT2D eigenvalue weighted by Crippen LogP contribution is 2.56. The van der Waals surface area contributed by atoms with Gasteiger partial charge in [0.2, 0.25) is 0 Å². The molecule has 7 aromatic rings. The van der Waals surface area contributed by atoms with E-state index in [-0.39, 0.29) is 11.8 Å². The summed E-state index contributed by atoms with van der Waals surface area (Å²) >= 11 is 0. The van der Waals surface area contributed by atoms with Gasteiger partial charge >= 0.3 is 0 Å². The highest BCUT2D eigenvalue weighted by Gasteiger charge is 2.45. The second-order valence-corrected chi connectivity index (χ2v) is 19.0. The maximum Gasteiger partial charge on any atom is 0.0503 e. The van der Waals surface area contributed by atoms with Crippen molar-refractivity contribution in [3.05, 3.63) is 298 Å². The van der Waals surface area contributed by atoms with E-state index in [0.717, 1.165) is 33.9 Å². The van der Waals surface area contributed by atoms with Crippen LogP contribution < -0.4 is 20.2 Å². The molecule has 0 radical (unpaired) electrons. The van der Waals surface area contributed by atoms with Gasteiger partial charge in [0.05, 0.1) is 11.4 Å². The first kappa shape index (κ1) is 41.5. The second-order valence-electron chi connectivity index (χ2n) is 19.0. The van der Waals surface area contributed by atoms with Gasteiger partial charge in [-0.05, 0) is 163 Å². The van der Waals surface area contributed by atoms with Crippen LogP contribution in [0.25, 0.3) is 56.7 Å². The molecule has 0 aliphatic heterocycles. The van der Waals surface area contributed by atoms with Crippen LogP contribution in [0.1, 0.15) is 33.4 Å². The molecule has 0 N–H and O–H groups in total. The van der Waals surface area contributed by atoms with Crippen LogP contribution in [0, 0.1) is 25.7 Å². The molecule has 332 valence electrons. The van der Waals surface area contributed by atoms with Crippen molar-refractivity contribution in [2.75, 3.05) is 9.80 Å². The zero-order chi connectivity index (χ0) is 47.0. The topological polar surface area (TPSA) is 6.48 Å². The Hall–Kier alpha value is -8.72. The van der Waals surface area contributed by atoms with Gasteiger partial charge in [-0.15, -0.1) is 0 Å². The fourth-order valence-corrected chi connectivity index (χ4v) is 11.9. The second kappa shape index (κ2) is 16.5. The predicted molar refractivity (Wildman–Crippen MR) is 297 cm³/mol. The molecular formula is C68H50N2. The van der Waals surface area contributed by atoms with Gasteiger partial charge in [0.1, 0.15) is 0 Å². The number of benzene rings is 7. The van der Waals surface area contributed by atoms with E-state index < -0.39 is 0 Å². The molecule has 2 atom stereocenters. The van der Waals surface area contributed by atoms with Gasteiger partial charge in [0, 0.05) is 34.6 Å². The normalized spacial score (nSPS) is 17.5. The van der Waals surface area contributed by atoms with Crippen LogP contribution in [0.3, 0.4) is 0 Å². The molecule has 2 heteroatoms. The molecule has 2 nitrogen and oxygen atoms in total. The fourth-order valence-electron chi connectivity index (χ4n) is 11.9. The van der Waals surface area contributed by atoms with E-state index in [9.17, 15) is 0 Å². The van der Waals surface area contributed by atoms with E-state index in [4.69, 9.17) is 0 Å². The number of rotatable bonds is 10. The minimum atomic E-state index is 0.0355. The zero-order valence-corrected chi connectivity index (χ0v) is 39.4. The Labute approximate surface area is 410 Å². The Bertz CT molecular complexity index is 3500. The Morgan fingerprint density at radius 3 is 1.09 bits per heavy atom. The average molecular weight is 895 g/mol. The van der Waals surface area contributed by atoms with Crippen molar-refractivity contribution in [3.63, 3.8) is 0 Å². The summed E-state index contributed by atoms with van der Waals surface area (Å²) < 4.78 is 0. The number of nitrogens with zero attached hydrogens (tertiary/aromatic N) is 2. The van der Waals surface area contributed by atoms with Crippen LogP contribution >= 0.6 is 0 Å². The average Bonchev–Trinajstić information content (AvgIpc) is 3.93. The molecule has 0 heterocycles. The SMILES string of the molecule is C=Cc1ccc(N(C2=CC=C3c4c(-c5ccccc5)c5c(c(-c6ccccc6)c4=C4C=CC=C2C34)C2=CC=C(N(c3ccc(C)cc3)c3ccc(C=C)cc3)C3=CC=CC=5C32)c2ccc(C)cc2)cc1. The number of allylic oxidation sites excluding steroid dienone is 14. The van der Waals surface area contributed by atoms with Gasteiger partial charge in [0.25, 0.3) is 0 Å². The minimum Gasteiger partial charge on any atom is -0.310 e. The summed E-state index contributed by atoms with van der Waals surface area (Å²) in [6.07, 6.45) is 27.6. The molecule has 7 aromatic carbocycles. The first-order valence-corrected chi connectivity index (χ1v) is 24.4. The standard InChI is InChI=1S/C68H50N2/c1-5-45-27-35-51(36-28-45)69(49-31-23-43(3)24-32-49)59-41-39-57-63-53(59)19-13-21-55(63)65-61(47-15-9-7-10-16-47)68-58-40-42-60(70(50-33-25-44(4)26-34-50)52-37-29-46(6-2)30-38-52)54-20-14-22-56(64(54)58)66(68)62(67(57)65)48-17-11-8-12-18-48/h5-42,63-64H,1-2H2,3-4H3. The lowest BCUT2D eigenvalue weighted by molar-refractivity contribution is 0.983. The van der Waals surface area contributed by atoms with Crippen molar-refractivity contribution in [3.8, 4) is 22.3 Å². The van der Waals surface area contributed by atoms with E-state index in [1.54, 1.807) is 0 Å². The van der Waals surface area contributed by atoms with Gasteiger partial charge in [-0.1, -0.05) is 194 Å². The molecule has 0 aromatic heterocycles. The van der Waals surface area contributed by atoms with Crippen LogP contribution in [0.15, 0.2) is 254 Å². The lowest BCUT2D eigenvalue weighted by atomic mass is 9.77. The highest BCUT2D eigenvalue weighted by molar-refractivity contribution is 6.09. The molecule has 0 fully saturated rings. The van der Waals surface area contributed by atoms with E-state index in [1.165, 1.54) is 99.8 Å². The Balaban J connectivity index is 1.09. The fraction of sp³-hybridized carbons (Fsp3) is 0.0588. The lowest BCUT2D eigenvalue weighted by Gasteiger charge is -2.36. The van der Waals surface area contributed by atoms with Gasteiger partial charge < -0.3 is 9.80 Å². The quantitative estimate of drug-likeness (QED) is 0.135. The summed E-state index contributed by atoms with van der Waals surface area (Å²) in [6, 6.07) is 57.8. The highest BCUT2D eigenvalue weighted by atomic mass is 15.2. The molecule has 6 aliphatic rings. The molecule has 0 saturated carbocycles. The predicted octanol–water partition coefficient (Wildman–Crippen LogP) is 15.7. The van der Waals surface area contributed by atoms with Crippen molar-refractivity contribution in [2.24, 2.45) is 11.8 Å². The molecule has 0 amide bonds. The van der Waals surface area contributed by atoms with Crippen LogP contribution in [0.5, 0.6) is 0 Å². The number of aryl methyl sites for hydroxylation is 2. The maximum absolute atomic E-state index is 4.05. The Morgan fingerprint density at radius 1 is 0.371 bits per heavy atom. The number of anilines is 4. The van der Waals surface area contributed by atoms with E-state index in [2.05, 4.69) is 255 Å². The Morgan fingerprint density at radius 2 is 0.729 bits per heavy atom. The van der Waals surface area contributed by atoms with E-state index in [1.807, 2.05) is 12.2 Å². The third-order valence-electron chi connectivity index (χ3n) is 15.0. The van der Waals surface area contributed by atoms with Gasteiger partial charge in [0.15, 0.2) is 0 Å². The van der Waals surface area contributed by atoms with Crippen LogP contribution in [-0.4, -0.2) is 0 Å².